The SMILES string of the molecule is CCCNC(=O)CN1CCN(C(=O)NCCc2cn3ccccc3n2)CC1. The number of hydrogen-bond donors (Lipinski definition) is 2. The van der Waals surface area contributed by atoms with E-state index >= 15 is 0 Å². The highest BCUT2D eigenvalue weighted by Crippen LogP contribution is 2.05. The van der Waals surface area contributed by atoms with Crippen molar-refractivity contribution in [2.24, 2.45) is 0 Å². The zero-order valence-electron chi connectivity index (χ0n) is 15.9. The molecule has 2 aromatic heterocycles. The number of fused-ring (bicyclic) bond motifs is 1. The molecule has 1 aliphatic heterocycles. The molecular weight excluding hydrogens is 344 g/mol. The highest BCUT2D eigenvalue weighted by Gasteiger charge is 2.22. The quantitative estimate of drug-likeness (QED) is 0.751. The molecule has 1 fully saturated rings. The molecular formula is C19H28N6O2. The molecule has 146 valence electrons. The van der Waals surface area contributed by atoms with Crippen molar-refractivity contribution in [1.29, 1.82) is 0 Å². The summed E-state index contributed by atoms with van der Waals surface area (Å²) in [6.45, 7) is 6.44. The van der Waals surface area contributed by atoms with Crippen LogP contribution in [-0.4, -0.2) is 76.9 Å². The number of nitrogens with one attached hydrogen (secondary N) is 2. The smallest absolute Gasteiger partial charge is 0.317 e. The first kappa shape index (κ1) is 19.2. The molecule has 0 aromatic carbocycles. The minimum Gasteiger partial charge on any atom is -0.355 e. The summed E-state index contributed by atoms with van der Waals surface area (Å²) < 4.78 is 1.98. The second-order valence-corrected chi connectivity index (χ2v) is 6.79. The maximum atomic E-state index is 12.3. The first-order chi connectivity index (χ1) is 13.2. The van der Waals surface area contributed by atoms with E-state index in [0.717, 1.165) is 30.9 Å². The Morgan fingerprint density at radius 2 is 1.93 bits per heavy atom. The van der Waals surface area contributed by atoms with Crippen molar-refractivity contribution in [2.75, 3.05) is 45.8 Å². The number of imidazole rings is 1. The van der Waals surface area contributed by atoms with Crippen molar-refractivity contribution in [3.8, 4) is 0 Å². The number of urea groups is 1. The number of hydrogen-bond acceptors (Lipinski definition) is 4. The van der Waals surface area contributed by atoms with Gasteiger partial charge in [0.25, 0.3) is 0 Å². The van der Waals surface area contributed by atoms with Gasteiger partial charge >= 0.3 is 6.03 Å². The van der Waals surface area contributed by atoms with Gasteiger partial charge in [0.1, 0.15) is 5.65 Å². The lowest BCUT2D eigenvalue weighted by Crippen LogP contribution is -2.53. The molecule has 2 aromatic rings. The summed E-state index contributed by atoms with van der Waals surface area (Å²) in [7, 11) is 0. The normalized spacial score (nSPS) is 15.1. The second-order valence-electron chi connectivity index (χ2n) is 6.79. The van der Waals surface area contributed by atoms with Crippen LogP contribution in [0.2, 0.25) is 0 Å². The molecule has 3 amide bonds. The fourth-order valence-corrected chi connectivity index (χ4v) is 3.15. The monoisotopic (exact) mass is 372 g/mol. The summed E-state index contributed by atoms with van der Waals surface area (Å²) in [6.07, 6.45) is 5.59. The zero-order chi connectivity index (χ0) is 19.1. The lowest BCUT2D eigenvalue weighted by atomic mass is 10.3. The standard InChI is InChI=1S/C19H28N6O2/c1-2-7-20-18(26)15-23-10-12-24(13-11-23)19(27)21-8-6-16-14-25-9-4-3-5-17(25)22-16/h3-5,9,14H,2,6-8,10-13,15H2,1H3,(H,20,26)(H,21,27). The first-order valence-electron chi connectivity index (χ1n) is 9.60. The summed E-state index contributed by atoms with van der Waals surface area (Å²) >= 11 is 0. The van der Waals surface area contributed by atoms with Crippen molar-refractivity contribution < 1.29 is 9.59 Å². The molecule has 3 rings (SSSR count). The van der Waals surface area contributed by atoms with E-state index in [-0.39, 0.29) is 11.9 Å². The predicted molar refractivity (Wildman–Crippen MR) is 104 cm³/mol. The summed E-state index contributed by atoms with van der Waals surface area (Å²) in [4.78, 5) is 32.5. The summed E-state index contributed by atoms with van der Waals surface area (Å²) in [6, 6.07) is 5.84. The molecule has 0 unspecified atom stereocenters. The van der Waals surface area contributed by atoms with Gasteiger partial charge in [-0.05, 0) is 18.6 Å². The molecule has 0 radical (unpaired) electrons. The molecule has 8 nitrogen and oxygen atoms in total. The van der Waals surface area contributed by atoms with E-state index in [1.807, 2.05) is 46.8 Å². The van der Waals surface area contributed by atoms with Gasteiger partial charge in [0, 0.05) is 58.1 Å². The molecule has 0 saturated carbocycles. The van der Waals surface area contributed by atoms with Crippen molar-refractivity contribution in [3.63, 3.8) is 0 Å². The second kappa shape index (κ2) is 9.36. The van der Waals surface area contributed by atoms with E-state index in [9.17, 15) is 9.59 Å². The Bertz CT molecular complexity index is 733. The minimum absolute atomic E-state index is 0.0474. The van der Waals surface area contributed by atoms with Crippen LogP contribution in [-0.2, 0) is 11.2 Å². The molecule has 27 heavy (non-hydrogen) atoms. The first-order valence-corrected chi connectivity index (χ1v) is 9.60. The van der Waals surface area contributed by atoms with Crippen molar-refractivity contribution in [1.82, 2.24) is 29.8 Å². The number of amides is 3. The van der Waals surface area contributed by atoms with Crippen LogP contribution in [0.25, 0.3) is 5.65 Å². The lowest BCUT2D eigenvalue weighted by Gasteiger charge is -2.34. The molecule has 2 N–H and O–H groups in total. The molecule has 0 spiro atoms. The zero-order valence-corrected chi connectivity index (χ0v) is 15.9. The molecule has 3 heterocycles. The lowest BCUT2D eigenvalue weighted by molar-refractivity contribution is -0.122. The van der Waals surface area contributed by atoms with E-state index in [4.69, 9.17) is 0 Å². The van der Waals surface area contributed by atoms with Gasteiger partial charge < -0.3 is 19.9 Å². The van der Waals surface area contributed by atoms with Crippen molar-refractivity contribution in [3.05, 3.63) is 36.3 Å². The van der Waals surface area contributed by atoms with Crippen LogP contribution < -0.4 is 10.6 Å². The number of carbonyl (C=O) groups excluding carboxylic acids is 2. The van der Waals surface area contributed by atoms with Crippen LogP contribution in [0.3, 0.4) is 0 Å². The topological polar surface area (TPSA) is 82.0 Å². The summed E-state index contributed by atoms with van der Waals surface area (Å²) in [5, 5.41) is 5.85. The average Bonchev–Trinajstić information content (AvgIpc) is 3.09. The third kappa shape index (κ3) is 5.43. The third-order valence-corrected chi connectivity index (χ3v) is 4.67. The fourth-order valence-electron chi connectivity index (χ4n) is 3.15. The fraction of sp³-hybridized carbons (Fsp3) is 0.526. The van der Waals surface area contributed by atoms with E-state index < -0.39 is 0 Å². The highest BCUT2D eigenvalue weighted by atomic mass is 16.2. The average molecular weight is 372 g/mol. The van der Waals surface area contributed by atoms with Gasteiger partial charge in [-0.25, -0.2) is 9.78 Å². The van der Waals surface area contributed by atoms with E-state index in [1.54, 1.807) is 0 Å². The molecule has 1 saturated heterocycles. The maximum absolute atomic E-state index is 12.3. The van der Waals surface area contributed by atoms with Gasteiger partial charge in [-0.2, -0.15) is 0 Å². The predicted octanol–water partition coefficient (Wildman–Crippen LogP) is 0.730. The maximum Gasteiger partial charge on any atom is 0.317 e. The Morgan fingerprint density at radius 1 is 1.11 bits per heavy atom. The van der Waals surface area contributed by atoms with Crippen molar-refractivity contribution >= 4 is 17.6 Å². The molecule has 1 aliphatic rings. The Morgan fingerprint density at radius 3 is 2.67 bits per heavy atom. The van der Waals surface area contributed by atoms with Crippen LogP contribution >= 0.6 is 0 Å². The summed E-state index contributed by atoms with van der Waals surface area (Å²) in [5.41, 5.74) is 1.88. The highest BCUT2D eigenvalue weighted by molar-refractivity contribution is 5.78. The van der Waals surface area contributed by atoms with Crippen LogP contribution in [0.4, 0.5) is 4.79 Å². The Hall–Kier alpha value is -2.61. The van der Waals surface area contributed by atoms with Gasteiger partial charge in [0.05, 0.1) is 12.2 Å². The largest absolute Gasteiger partial charge is 0.355 e. The van der Waals surface area contributed by atoms with Gasteiger partial charge in [-0.1, -0.05) is 13.0 Å². The van der Waals surface area contributed by atoms with Gasteiger partial charge in [-0.15, -0.1) is 0 Å². The van der Waals surface area contributed by atoms with Crippen LogP contribution in [0.15, 0.2) is 30.6 Å². The number of pyridine rings is 1. The Kier molecular flexibility index (Phi) is 6.64. The van der Waals surface area contributed by atoms with Gasteiger partial charge in [0.2, 0.25) is 5.91 Å². The van der Waals surface area contributed by atoms with Crippen LogP contribution in [0.1, 0.15) is 19.0 Å². The third-order valence-electron chi connectivity index (χ3n) is 4.67. The Labute approximate surface area is 159 Å². The van der Waals surface area contributed by atoms with E-state index in [1.165, 1.54) is 0 Å². The Balaban J connectivity index is 1.36. The molecule has 0 atom stereocenters. The number of piperazine rings is 1. The van der Waals surface area contributed by atoms with Crippen LogP contribution in [0, 0.1) is 0 Å². The van der Waals surface area contributed by atoms with Crippen molar-refractivity contribution in [2.45, 2.75) is 19.8 Å². The van der Waals surface area contributed by atoms with Crippen LogP contribution in [0.5, 0.6) is 0 Å². The number of carbonyl (C=O) groups is 2. The molecule has 0 bridgehead atoms. The number of rotatable bonds is 7. The summed E-state index contributed by atoms with van der Waals surface area (Å²) in [5.74, 6) is 0.0576. The number of aromatic nitrogens is 2. The molecule has 8 heteroatoms. The van der Waals surface area contributed by atoms with Gasteiger partial charge in [0.15, 0.2) is 0 Å². The number of nitrogens with zero attached hydrogens (tertiary/aromatic N) is 4. The molecule has 0 aliphatic carbocycles. The van der Waals surface area contributed by atoms with Gasteiger partial charge in [-0.3, -0.25) is 9.69 Å². The van der Waals surface area contributed by atoms with E-state index in [0.29, 0.717) is 39.1 Å². The minimum atomic E-state index is -0.0474. The van der Waals surface area contributed by atoms with E-state index in [2.05, 4.69) is 20.5 Å².